The lowest BCUT2D eigenvalue weighted by Gasteiger charge is -2.29. The zero-order valence-corrected chi connectivity index (χ0v) is 8.77. The molecule has 1 aliphatic rings. The molecular formula is C12H20O. The maximum atomic E-state index is 10.2. The van der Waals surface area contributed by atoms with Crippen molar-refractivity contribution in [2.24, 2.45) is 0 Å². The van der Waals surface area contributed by atoms with Crippen molar-refractivity contribution in [1.82, 2.24) is 0 Å². The van der Waals surface area contributed by atoms with Crippen LogP contribution in [0.1, 0.15) is 46.0 Å². The van der Waals surface area contributed by atoms with E-state index in [-0.39, 0.29) is 0 Å². The first-order valence-corrected chi connectivity index (χ1v) is 5.11. The van der Waals surface area contributed by atoms with Crippen LogP contribution in [0.3, 0.4) is 0 Å². The molecule has 0 radical (unpaired) electrons. The Kier molecular flexibility index (Phi) is 3.32. The number of rotatable bonds is 2. The third-order valence-corrected chi connectivity index (χ3v) is 2.88. The van der Waals surface area contributed by atoms with Gasteiger partial charge in [-0.25, -0.2) is 0 Å². The van der Waals surface area contributed by atoms with Gasteiger partial charge in [-0.2, -0.15) is 0 Å². The SMILES string of the molecule is C=C(C)C(C)=CC1(O)CCCCC1. The molecule has 1 nitrogen and oxygen atoms in total. The Morgan fingerprint density at radius 2 is 1.77 bits per heavy atom. The number of hydrogen-bond acceptors (Lipinski definition) is 1. The number of aliphatic hydroxyl groups is 1. The van der Waals surface area contributed by atoms with E-state index in [1.54, 1.807) is 0 Å². The average molecular weight is 180 g/mol. The molecule has 1 N–H and O–H groups in total. The predicted octanol–water partition coefficient (Wildman–Crippen LogP) is 3.20. The van der Waals surface area contributed by atoms with Crippen molar-refractivity contribution < 1.29 is 5.11 Å². The van der Waals surface area contributed by atoms with E-state index in [4.69, 9.17) is 0 Å². The fraction of sp³-hybridized carbons (Fsp3) is 0.667. The quantitative estimate of drug-likeness (QED) is 0.647. The van der Waals surface area contributed by atoms with Gasteiger partial charge in [-0.05, 0) is 38.3 Å². The van der Waals surface area contributed by atoms with E-state index in [1.165, 1.54) is 6.42 Å². The van der Waals surface area contributed by atoms with Crippen molar-refractivity contribution in [3.63, 3.8) is 0 Å². The lowest BCUT2D eigenvalue weighted by Crippen LogP contribution is -2.29. The van der Waals surface area contributed by atoms with Crippen molar-refractivity contribution in [1.29, 1.82) is 0 Å². The Bertz CT molecular complexity index is 219. The van der Waals surface area contributed by atoms with Gasteiger partial charge in [-0.3, -0.25) is 0 Å². The molecule has 13 heavy (non-hydrogen) atoms. The van der Waals surface area contributed by atoms with Crippen LogP contribution < -0.4 is 0 Å². The summed E-state index contributed by atoms with van der Waals surface area (Å²) >= 11 is 0. The Balaban J connectivity index is 2.68. The number of hydrogen-bond donors (Lipinski definition) is 1. The van der Waals surface area contributed by atoms with Crippen molar-refractivity contribution in [2.75, 3.05) is 0 Å². The minimum atomic E-state index is -0.540. The standard InChI is InChI=1S/C12H20O/c1-10(2)11(3)9-12(13)7-5-4-6-8-12/h9,13H,1,4-8H2,2-3H3. The molecule has 0 aliphatic heterocycles. The molecule has 1 saturated carbocycles. The summed E-state index contributed by atoms with van der Waals surface area (Å²) in [7, 11) is 0. The van der Waals surface area contributed by atoms with E-state index in [9.17, 15) is 5.11 Å². The first kappa shape index (κ1) is 10.5. The lowest BCUT2D eigenvalue weighted by molar-refractivity contribution is 0.0507. The maximum Gasteiger partial charge on any atom is 0.0833 e. The molecule has 1 fully saturated rings. The highest BCUT2D eigenvalue weighted by Crippen LogP contribution is 2.30. The first-order valence-electron chi connectivity index (χ1n) is 5.11. The topological polar surface area (TPSA) is 20.2 Å². The highest BCUT2D eigenvalue weighted by molar-refractivity contribution is 5.27. The van der Waals surface area contributed by atoms with Crippen LogP contribution in [0.25, 0.3) is 0 Å². The summed E-state index contributed by atoms with van der Waals surface area (Å²) in [6.07, 6.45) is 7.39. The molecule has 0 unspecified atom stereocenters. The largest absolute Gasteiger partial charge is 0.386 e. The molecule has 0 spiro atoms. The second-order valence-corrected chi connectivity index (χ2v) is 4.27. The lowest BCUT2D eigenvalue weighted by atomic mass is 9.83. The summed E-state index contributed by atoms with van der Waals surface area (Å²) in [6, 6.07) is 0. The molecule has 0 saturated heterocycles. The number of allylic oxidation sites excluding steroid dienone is 2. The van der Waals surface area contributed by atoms with Crippen LogP contribution in [0.15, 0.2) is 23.8 Å². The van der Waals surface area contributed by atoms with E-state index in [0.29, 0.717) is 0 Å². The van der Waals surface area contributed by atoms with Crippen LogP contribution in [0.4, 0.5) is 0 Å². The van der Waals surface area contributed by atoms with Gasteiger partial charge < -0.3 is 5.11 Å². The van der Waals surface area contributed by atoms with Gasteiger partial charge in [-0.15, -0.1) is 0 Å². The van der Waals surface area contributed by atoms with Crippen LogP contribution >= 0.6 is 0 Å². The van der Waals surface area contributed by atoms with Crippen molar-refractivity contribution in [3.8, 4) is 0 Å². The second-order valence-electron chi connectivity index (χ2n) is 4.27. The molecule has 1 heteroatoms. The fourth-order valence-electron chi connectivity index (χ4n) is 1.83. The van der Waals surface area contributed by atoms with Gasteiger partial charge in [0.05, 0.1) is 5.60 Å². The van der Waals surface area contributed by atoms with Gasteiger partial charge in [-0.1, -0.05) is 31.4 Å². The Hall–Kier alpha value is -0.560. The van der Waals surface area contributed by atoms with Gasteiger partial charge in [0.25, 0.3) is 0 Å². The first-order chi connectivity index (χ1) is 6.03. The van der Waals surface area contributed by atoms with Gasteiger partial charge in [0.1, 0.15) is 0 Å². The Morgan fingerprint density at radius 1 is 1.23 bits per heavy atom. The van der Waals surface area contributed by atoms with Crippen LogP contribution in [0.5, 0.6) is 0 Å². The third-order valence-electron chi connectivity index (χ3n) is 2.88. The van der Waals surface area contributed by atoms with Crippen LogP contribution in [0.2, 0.25) is 0 Å². The highest BCUT2D eigenvalue weighted by atomic mass is 16.3. The molecule has 1 aliphatic carbocycles. The monoisotopic (exact) mass is 180 g/mol. The summed E-state index contributed by atoms with van der Waals surface area (Å²) in [6.45, 7) is 7.88. The molecule has 0 aromatic heterocycles. The summed E-state index contributed by atoms with van der Waals surface area (Å²) < 4.78 is 0. The Morgan fingerprint density at radius 3 is 2.23 bits per heavy atom. The molecular weight excluding hydrogens is 160 g/mol. The zero-order valence-electron chi connectivity index (χ0n) is 8.77. The highest BCUT2D eigenvalue weighted by Gasteiger charge is 2.26. The molecule has 0 aromatic rings. The minimum absolute atomic E-state index is 0.540. The average Bonchev–Trinajstić information content (AvgIpc) is 2.04. The van der Waals surface area contributed by atoms with E-state index >= 15 is 0 Å². The van der Waals surface area contributed by atoms with Crippen LogP contribution in [0, 0.1) is 0 Å². The summed E-state index contributed by atoms with van der Waals surface area (Å²) in [4.78, 5) is 0. The van der Waals surface area contributed by atoms with E-state index in [0.717, 1.165) is 36.8 Å². The van der Waals surface area contributed by atoms with Gasteiger partial charge in [0.2, 0.25) is 0 Å². The maximum absolute atomic E-state index is 10.2. The zero-order chi connectivity index (χ0) is 9.90. The molecule has 0 atom stereocenters. The smallest absolute Gasteiger partial charge is 0.0833 e. The van der Waals surface area contributed by atoms with Crippen molar-refractivity contribution in [3.05, 3.63) is 23.8 Å². The van der Waals surface area contributed by atoms with Crippen molar-refractivity contribution >= 4 is 0 Å². The van der Waals surface area contributed by atoms with E-state index < -0.39 is 5.60 Å². The van der Waals surface area contributed by atoms with Gasteiger partial charge in [0.15, 0.2) is 0 Å². The fourth-order valence-corrected chi connectivity index (χ4v) is 1.83. The molecule has 0 heterocycles. The van der Waals surface area contributed by atoms with E-state index in [1.807, 2.05) is 19.9 Å². The molecule has 74 valence electrons. The van der Waals surface area contributed by atoms with Crippen LogP contribution in [-0.2, 0) is 0 Å². The summed E-state index contributed by atoms with van der Waals surface area (Å²) in [5.41, 5.74) is 1.64. The normalized spacial score (nSPS) is 22.8. The third kappa shape index (κ3) is 3.00. The Labute approximate surface area is 81.2 Å². The van der Waals surface area contributed by atoms with Gasteiger partial charge >= 0.3 is 0 Å². The minimum Gasteiger partial charge on any atom is -0.386 e. The molecule has 1 rings (SSSR count). The molecule has 0 amide bonds. The molecule has 0 aromatic carbocycles. The van der Waals surface area contributed by atoms with Crippen LogP contribution in [-0.4, -0.2) is 10.7 Å². The summed E-state index contributed by atoms with van der Waals surface area (Å²) in [5.74, 6) is 0. The summed E-state index contributed by atoms with van der Waals surface area (Å²) in [5, 5.41) is 10.2. The van der Waals surface area contributed by atoms with Gasteiger partial charge in [0, 0.05) is 0 Å². The second kappa shape index (κ2) is 4.10. The molecule has 0 bridgehead atoms. The predicted molar refractivity (Wildman–Crippen MR) is 56.6 cm³/mol. The van der Waals surface area contributed by atoms with Crippen molar-refractivity contribution in [2.45, 2.75) is 51.6 Å². The van der Waals surface area contributed by atoms with E-state index in [2.05, 4.69) is 6.58 Å².